The maximum Gasteiger partial charge on any atom is 0.222 e. The highest BCUT2D eigenvalue weighted by molar-refractivity contribution is 5.94. The normalized spacial score (nSPS) is 11.2. The summed E-state index contributed by atoms with van der Waals surface area (Å²) in [5.74, 6) is 1.91. The van der Waals surface area contributed by atoms with E-state index in [1.807, 2.05) is 39.0 Å². The number of anilines is 1. The van der Waals surface area contributed by atoms with E-state index in [0.29, 0.717) is 30.4 Å². The fourth-order valence-corrected chi connectivity index (χ4v) is 2.02. The third-order valence-electron chi connectivity index (χ3n) is 3.05. The summed E-state index contributed by atoms with van der Waals surface area (Å²) in [6.45, 7) is 6.98. The van der Waals surface area contributed by atoms with Crippen LogP contribution in [0.25, 0.3) is 0 Å². The summed E-state index contributed by atoms with van der Waals surface area (Å²) in [6, 6.07) is 5.66. The van der Waals surface area contributed by atoms with Gasteiger partial charge in [0.2, 0.25) is 5.91 Å². The molecule has 7 nitrogen and oxygen atoms in total. The average Bonchev–Trinajstić information content (AvgIpc) is 2.54. The van der Waals surface area contributed by atoms with Crippen LogP contribution in [0.1, 0.15) is 27.2 Å². The zero-order valence-corrected chi connectivity index (χ0v) is 15.1. The van der Waals surface area contributed by atoms with Crippen molar-refractivity contribution in [1.29, 1.82) is 0 Å². The molecule has 0 fully saturated rings. The number of benzene rings is 1. The van der Waals surface area contributed by atoms with Gasteiger partial charge in [0.25, 0.3) is 0 Å². The summed E-state index contributed by atoms with van der Waals surface area (Å²) < 4.78 is 10.5. The Morgan fingerprint density at radius 1 is 1.21 bits per heavy atom. The predicted octanol–water partition coefficient (Wildman–Crippen LogP) is 2.00. The van der Waals surface area contributed by atoms with Crippen molar-refractivity contribution < 1.29 is 14.3 Å². The molecule has 3 N–H and O–H groups in total. The largest absolute Gasteiger partial charge is 0.493 e. The van der Waals surface area contributed by atoms with Gasteiger partial charge in [0.1, 0.15) is 0 Å². The lowest BCUT2D eigenvalue weighted by Crippen LogP contribution is -2.32. The minimum Gasteiger partial charge on any atom is -0.493 e. The van der Waals surface area contributed by atoms with Gasteiger partial charge in [-0.25, -0.2) is 0 Å². The van der Waals surface area contributed by atoms with Crippen molar-refractivity contribution in [2.75, 3.05) is 32.6 Å². The lowest BCUT2D eigenvalue weighted by atomic mass is 10.2. The zero-order chi connectivity index (χ0) is 17.9. The summed E-state index contributed by atoms with van der Waals surface area (Å²) >= 11 is 0. The molecule has 1 aromatic carbocycles. The number of hydrogen-bond donors (Lipinski definition) is 3. The second kappa shape index (κ2) is 10.4. The van der Waals surface area contributed by atoms with E-state index < -0.39 is 0 Å². The number of amides is 1. The molecule has 1 aromatic rings. The van der Waals surface area contributed by atoms with Crippen molar-refractivity contribution in [2.45, 2.75) is 33.2 Å². The molecule has 1 amide bonds. The summed E-state index contributed by atoms with van der Waals surface area (Å²) in [7, 11) is 3.19. The zero-order valence-electron chi connectivity index (χ0n) is 15.1. The van der Waals surface area contributed by atoms with Crippen LogP contribution in [0.15, 0.2) is 23.2 Å². The van der Waals surface area contributed by atoms with E-state index in [1.165, 1.54) is 0 Å². The Hall–Kier alpha value is -2.44. The first-order valence-electron chi connectivity index (χ1n) is 8.06. The summed E-state index contributed by atoms with van der Waals surface area (Å²) in [4.78, 5) is 16.1. The molecule has 0 atom stereocenters. The number of methoxy groups -OCH3 is 2. The molecule has 134 valence electrons. The van der Waals surface area contributed by atoms with Crippen LogP contribution >= 0.6 is 0 Å². The Bertz CT molecular complexity index is 559. The van der Waals surface area contributed by atoms with Crippen LogP contribution in [0, 0.1) is 0 Å². The first kappa shape index (κ1) is 19.6. The van der Waals surface area contributed by atoms with E-state index in [1.54, 1.807) is 14.2 Å². The lowest BCUT2D eigenvalue weighted by Gasteiger charge is -2.14. The Balaban J connectivity index is 2.71. The topological polar surface area (TPSA) is 84.0 Å². The van der Waals surface area contributed by atoms with Gasteiger partial charge in [0.15, 0.2) is 17.5 Å². The SMILES string of the molecule is CCNC(=NCCC(=O)NC(C)C)Nc1ccc(OC)c(OC)c1. The van der Waals surface area contributed by atoms with Crippen LogP contribution in [0.3, 0.4) is 0 Å². The number of carbonyl (C=O) groups excluding carboxylic acids is 1. The number of ether oxygens (including phenoxy) is 2. The van der Waals surface area contributed by atoms with Crippen molar-refractivity contribution in [3.05, 3.63) is 18.2 Å². The van der Waals surface area contributed by atoms with E-state index in [4.69, 9.17) is 9.47 Å². The molecule has 0 saturated carbocycles. The van der Waals surface area contributed by atoms with Gasteiger partial charge in [0, 0.05) is 30.8 Å². The Morgan fingerprint density at radius 2 is 1.92 bits per heavy atom. The van der Waals surface area contributed by atoms with Crippen LogP contribution in [-0.2, 0) is 4.79 Å². The van der Waals surface area contributed by atoms with Crippen molar-refractivity contribution in [2.24, 2.45) is 4.99 Å². The van der Waals surface area contributed by atoms with Gasteiger partial charge in [-0.1, -0.05) is 0 Å². The summed E-state index contributed by atoms with van der Waals surface area (Å²) in [5.41, 5.74) is 0.819. The first-order chi connectivity index (χ1) is 11.5. The molecule has 0 saturated heterocycles. The highest BCUT2D eigenvalue weighted by Crippen LogP contribution is 2.29. The Labute approximate surface area is 143 Å². The number of hydrogen-bond acceptors (Lipinski definition) is 4. The Morgan fingerprint density at radius 3 is 2.50 bits per heavy atom. The smallest absolute Gasteiger partial charge is 0.222 e. The molecule has 0 heterocycles. The predicted molar refractivity (Wildman–Crippen MR) is 97.0 cm³/mol. The molecule has 0 bridgehead atoms. The second-order valence-electron chi connectivity index (χ2n) is 5.43. The van der Waals surface area contributed by atoms with Crippen molar-refractivity contribution in [1.82, 2.24) is 10.6 Å². The summed E-state index contributed by atoms with van der Waals surface area (Å²) in [5, 5.41) is 9.19. The molecule has 0 aliphatic heterocycles. The maximum atomic E-state index is 11.7. The number of carbonyl (C=O) groups is 1. The highest BCUT2D eigenvalue weighted by Gasteiger charge is 2.07. The number of rotatable bonds is 8. The van der Waals surface area contributed by atoms with E-state index in [9.17, 15) is 4.79 Å². The molecule has 0 aliphatic rings. The number of nitrogens with zero attached hydrogens (tertiary/aromatic N) is 1. The molecular weight excluding hydrogens is 308 g/mol. The standard InChI is InChI=1S/C17H28N4O3/c1-6-18-17(19-10-9-16(22)20-12(2)3)21-13-7-8-14(23-4)15(11-13)24-5/h7-8,11-12H,6,9-10H2,1-5H3,(H,20,22)(H2,18,19,21). The van der Waals surface area contributed by atoms with Gasteiger partial charge >= 0.3 is 0 Å². The summed E-state index contributed by atoms with van der Waals surface area (Å²) in [6.07, 6.45) is 0.348. The molecule has 0 radical (unpaired) electrons. The third kappa shape index (κ3) is 6.76. The van der Waals surface area contributed by atoms with Gasteiger partial charge in [-0.2, -0.15) is 0 Å². The van der Waals surface area contributed by atoms with Crippen LogP contribution in [0.4, 0.5) is 5.69 Å². The highest BCUT2D eigenvalue weighted by atomic mass is 16.5. The van der Waals surface area contributed by atoms with Crippen LogP contribution in [-0.4, -0.2) is 45.2 Å². The van der Waals surface area contributed by atoms with Gasteiger partial charge in [-0.15, -0.1) is 0 Å². The molecular formula is C17H28N4O3. The van der Waals surface area contributed by atoms with Crippen molar-refractivity contribution in [3.8, 4) is 11.5 Å². The minimum atomic E-state index is -0.00397. The molecule has 0 unspecified atom stereocenters. The van der Waals surface area contributed by atoms with Crippen molar-refractivity contribution in [3.63, 3.8) is 0 Å². The second-order valence-corrected chi connectivity index (χ2v) is 5.43. The maximum absolute atomic E-state index is 11.7. The molecule has 0 aromatic heterocycles. The first-order valence-corrected chi connectivity index (χ1v) is 8.06. The van der Waals surface area contributed by atoms with E-state index in [-0.39, 0.29) is 11.9 Å². The third-order valence-corrected chi connectivity index (χ3v) is 3.05. The molecule has 7 heteroatoms. The quantitative estimate of drug-likeness (QED) is 0.499. The van der Waals surface area contributed by atoms with Crippen LogP contribution in [0.2, 0.25) is 0 Å². The van der Waals surface area contributed by atoms with Crippen LogP contribution < -0.4 is 25.4 Å². The van der Waals surface area contributed by atoms with E-state index in [0.717, 1.165) is 12.2 Å². The minimum absolute atomic E-state index is 0.00397. The van der Waals surface area contributed by atoms with Gasteiger partial charge in [0.05, 0.1) is 20.8 Å². The molecule has 1 rings (SSSR count). The van der Waals surface area contributed by atoms with Gasteiger partial charge < -0.3 is 25.4 Å². The van der Waals surface area contributed by atoms with E-state index >= 15 is 0 Å². The van der Waals surface area contributed by atoms with Gasteiger partial charge in [-0.3, -0.25) is 9.79 Å². The molecule has 0 spiro atoms. The Kier molecular flexibility index (Phi) is 8.46. The fraction of sp³-hybridized carbons (Fsp3) is 0.529. The van der Waals surface area contributed by atoms with Crippen LogP contribution in [0.5, 0.6) is 11.5 Å². The molecule has 24 heavy (non-hydrogen) atoms. The van der Waals surface area contributed by atoms with E-state index in [2.05, 4.69) is 20.9 Å². The number of guanidine groups is 1. The average molecular weight is 336 g/mol. The molecule has 0 aliphatic carbocycles. The number of aliphatic imine (C=N–C) groups is 1. The lowest BCUT2D eigenvalue weighted by molar-refractivity contribution is -0.121. The fourth-order valence-electron chi connectivity index (χ4n) is 2.02. The van der Waals surface area contributed by atoms with Gasteiger partial charge in [-0.05, 0) is 32.9 Å². The monoisotopic (exact) mass is 336 g/mol. The number of nitrogens with one attached hydrogen (secondary N) is 3. The van der Waals surface area contributed by atoms with Crippen molar-refractivity contribution >= 4 is 17.6 Å².